The molecule has 0 saturated carbocycles. The Morgan fingerprint density at radius 1 is 1.09 bits per heavy atom. The van der Waals surface area contributed by atoms with Crippen molar-refractivity contribution in [1.82, 2.24) is 10.2 Å². The normalized spacial score (nSPS) is 10.7. The highest BCUT2D eigenvalue weighted by atomic mass is 19.1. The predicted octanol–water partition coefficient (Wildman–Crippen LogP) is 2.99. The summed E-state index contributed by atoms with van der Waals surface area (Å²) in [5.41, 5.74) is 1.49. The van der Waals surface area contributed by atoms with Gasteiger partial charge in [0.15, 0.2) is 11.5 Å². The molecule has 3 rings (SSSR count). The molecule has 0 amide bonds. The molecule has 0 aliphatic rings. The Kier molecular flexibility index (Phi) is 4.14. The Labute approximate surface area is 131 Å². The minimum absolute atomic E-state index is 0.0223. The van der Waals surface area contributed by atoms with E-state index in [1.54, 1.807) is 24.3 Å². The number of furan rings is 1. The molecule has 2 heterocycles. The van der Waals surface area contributed by atoms with Gasteiger partial charge in [-0.05, 0) is 29.8 Å². The van der Waals surface area contributed by atoms with E-state index in [0.717, 1.165) is 0 Å². The van der Waals surface area contributed by atoms with Crippen LogP contribution >= 0.6 is 0 Å². The van der Waals surface area contributed by atoms with Gasteiger partial charge < -0.3 is 4.42 Å². The number of carbonyl (C=O) groups excluding carboxylic acids is 2. The molecule has 0 bridgehead atoms. The van der Waals surface area contributed by atoms with Gasteiger partial charge in [0.2, 0.25) is 5.78 Å². The van der Waals surface area contributed by atoms with Crippen molar-refractivity contribution in [2.24, 2.45) is 0 Å². The lowest BCUT2D eigenvalue weighted by molar-refractivity contribution is 0.0965. The maximum absolute atomic E-state index is 12.9. The van der Waals surface area contributed by atoms with Gasteiger partial charge in [-0.3, -0.25) is 14.7 Å². The van der Waals surface area contributed by atoms with Crippen LogP contribution < -0.4 is 0 Å². The first-order chi connectivity index (χ1) is 11.1. The van der Waals surface area contributed by atoms with Gasteiger partial charge in [-0.1, -0.05) is 12.1 Å². The minimum atomic E-state index is -0.354. The Hall–Kier alpha value is -3.02. The monoisotopic (exact) mass is 312 g/mol. The van der Waals surface area contributed by atoms with Crippen LogP contribution in [0.1, 0.15) is 32.2 Å². The first-order valence-corrected chi connectivity index (χ1v) is 7.00. The molecule has 23 heavy (non-hydrogen) atoms. The molecule has 1 aromatic carbocycles. The third-order valence-corrected chi connectivity index (χ3v) is 3.42. The van der Waals surface area contributed by atoms with E-state index in [4.69, 9.17) is 4.42 Å². The van der Waals surface area contributed by atoms with Gasteiger partial charge in [0.1, 0.15) is 11.5 Å². The Morgan fingerprint density at radius 2 is 1.87 bits per heavy atom. The van der Waals surface area contributed by atoms with Crippen LogP contribution in [0.4, 0.5) is 4.39 Å². The summed E-state index contributed by atoms with van der Waals surface area (Å²) < 4.78 is 17.9. The van der Waals surface area contributed by atoms with E-state index in [-0.39, 0.29) is 41.7 Å². The summed E-state index contributed by atoms with van der Waals surface area (Å²) in [6.45, 7) is 0. The van der Waals surface area contributed by atoms with Gasteiger partial charge in [-0.15, -0.1) is 0 Å². The second-order valence-electron chi connectivity index (χ2n) is 5.07. The van der Waals surface area contributed by atoms with Gasteiger partial charge in [0.25, 0.3) is 0 Å². The zero-order valence-corrected chi connectivity index (χ0v) is 12.1. The quantitative estimate of drug-likeness (QED) is 0.710. The highest BCUT2D eigenvalue weighted by molar-refractivity contribution is 6.00. The number of ketones is 2. The van der Waals surface area contributed by atoms with E-state index in [1.807, 2.05) is 0 Å². The van der Waals surface area contributed by atoms with Gasteiger partial charge in [-0.2, -0.15) is 5.10 Å². The fraction of sp³-hybridized carbons (Fsp3) is 0.118. The van der Waals surface area contributed by atoms with E-state index >= 15 is 0 Å². The lowest BCUT2D eigenvalue weighted by atomic mass is 10.0. The molecule has 6 heteroatoms. The van der Waals surface area contributed by atoms with Crippen molar-refractivity contribution in [2.45, 2.75) is 12.8 Å². The zero-order chi connectivity index (χ0) is 16.2. The number of halogens is 1. The molecule has 2 aromatic heterocycles. The average Bonchev–Trinajstić information content (AvgIpc) is 3.20. The van der Waals surface area contributed by atoms with Crippen molar-refractivity contribution >= 4 is 11.6 Å². The zero-order valence-electron chi connectivity index (χ0n) is 12.1. The summed E-state index contributed by atoms with van der Waals surface area (Å²) >= 11 is 0. The minimum Gasteiger partial charge on any atom is -0.461 e. The van der Waals surface area contributed by atoms with Crippen LogP contribution in [-0.4, -0.2) is 21.8 Å². The Morgan fingerprint density at radius 3 is 2.57 bits per heavy atom. The third kappa shape index (κ3) is 3.42. The molecule has 0 aliphatic carbocycles. The molecule has 5 nitrogen and oxygen atoms in total. The summed E-state index contributed by atoms with van der Waals surface area (Å²) in [7, 11) is 0. The van der Waals surface area contributed by atoms with E-state index in [0.29, 0.717) is 11.1 Å². The van der Waals surface area contributed by atoms with Crippen LogP contribution in [0.25, 0.3) is 0 Å². The molecule has 0 spiro atoms. The molecule has 0 aliphatic heterocycles. The number of Topliss-reactive ketones (excluding diaryl/α,β-unsaturated/α-hetero) is 2. The lowest BCUT2D eigenvalue weighted by Gasteiger charge is -2.02. The van der Waals surface area contributed by atoms with Crippen LogP contribution in [0, 0.1) is 5.82 Å². The van der Waals surface area contributed by atoms with Crippen LogP contribution in [0.2, 0.25) is 0 Å². The van der Waals surface area contributed by atoms with Gasteiger partial charge >= 0.3 is 0 Å². The maximum atomic E-state index is 12.9. The van der Waals surface area contributed by atoms with Crippen molar-refractivity contribution < 1.29 is 18.4 Å². The predicted molar refractivity (Wildman–Crippen MR) is 79.8 cm³/mol. The number of hydrogen-bond acceptors (Lipinski definition) is 4. The first-order valence-electron chi connectivity index (χ1n) is 7.00. The summed E-state index contributed by atoms with van der Waals surface area (Å²) in [6, 6.07) is 8.91. The molecule has 1 N–H and O–H groups in total. The molecule has 3 aromatic rings. The fourth-order valence-electron chi connectivity index (χ4n) is 2.26. The van der Waals surface area contributed by atoms with Crippen molar-refractivity contribution in [3.05, 3.63) is 77.3 Å². The number of nitrogens with zero attached hydrogens (tertiary/aromatic N) is 1. The van der Waals surface area contributed by atoms with Crippen LogP contribution in [0.15, 0.2) is 53.3 Å². The largest absolute Gasteiger partial charge is 0.461 e. The Balaban J connectivity index is 1.73. The molecule has 116 valence electrons. The topological polar surface area (TPSA) is 76.0 Å². The summed E-state index contributed by atoms with van der Waals surface area (Å²) in [4.78, 5) is 24.4. The molecular weight excluding hydrogens is 299 g/mol. The number of benzene rings is 1. The molecule has 0 unspecified atom stereocenters. The highest BCUT2D eigenvalue weighted by Gasteiger charge is 2.18. The van der Waals surface area contributed by atoms with E-state index in [1.165, 1.54) is 24.6 Å². The fourth-order valence-corrected chi connectivity index (χ4v) is 2.26. The van der Waals surface area contributed by atoms with Crippen LogP contribution in [-0.2, 0) is 12.8 Å². The number of carbonyl (C=O) groups is 2. The molecular formula is C17H13FN2O3. The molecule has 0 atom stereocenters. The van der Waals surface area contributed by atoms with E-state index in [2.05, 4.69) is 10.2 Å². The second-order valence-corrected chi connectivity index (χ2v) is 5.07. The van der Waals surface area contributed by atoms with Crippen LogP contribution in [0.3, 0.4) is 0 Å². The number of aromatic amines is 1. The Bertz CT molecular complexity index is 820. The lowest BCUT2D eigenvalue weighted by Crippen LogP contribution is -2.10. The number of aromatic nitrogens is 2. The van der Waals surface area contributed by atoms with E-state index in [9.17, 15) is 14.0 Å². The first kappa shape index (κ1) is 14.9. The average molecular weight is 312 g/mol. The van der Waals surface area contributed by atoms with Crippen molar-refractivity contribution in [3.63, 3.8) is 0 Å². The SMILES string of the molecule is O=C(Cc1cn[nH]c1C(=O)Cc1ccc(F)cc1)c1ccco1. The maximum Gasteiger partial charge on any atom is 0.202 e. The number of hydrogen-bond donors (Lipinski definition) is 1. The number of H-pyrrole nitrogens is 1. The van der Waals surface area contributed by atoms with Crippen molar-refractivity contribution in [1.29, 1.82) is 0 Å². The smallest absolute Gasteiger partial charge is 0.202 e. The van der Waals surface area contributed by atoms with Gasteiger partial charge in [-0.25, -0.2) is 4.39 Å². The van der Waals surface area contributed by atoms with Crippen molar-refractivity contribution in [3.8, 4) is 0 Å². The summed E-state index contributed by atoms with van der Waals surface area (Å²) in [5, 5.41) is 6.48. The molecule has 0 fully saturated rings. The molecule has 0 saturated heterocycles. The number of nitrogens with one attached hydrogen (secondary N) is 1. The second kappa shape index (κ2) is 6.39. The third-order valence-electron chi connectivity index (χ3n) is 3.42. The number of rotatable bonds is 6. The summed E-state index contributed by atoms with van der Waals surface area (Å²) in [6.07, 6.45) is 3.00. The highest BCUT2D eigenvalue weighted by Crippen LogP contribution is 2.14. The van der Waals surface area contributed by atoms with Crippen molar-refractivity contribution in [2.75, 3.05) is 0 Å². The van der Waals surface area contributed by atoms with Gasteiger partial charge in [0, 0.05) is 18.4 Å². The standard InChI is InChI=1S/C17H13FN2O3/c18-13-5-3-11(4-6-13)8-15(22)17-12(10-19-20-17)9-14(21)16-2-1-7-23-16/h1-7,10H,8-9H2,(H,19,20). The van der Waals surface area contributed by atoms with Gasteiger partial charge in [0.05, 0.1) is 12.5 Å². The van der Waals surface area contributed by atoms with E-state index < -0.39 is 0 Å². The summed E-state index contributed by atoms with van der Waals surface area (Å²) in [5.74, 6) is -0.556. The molecule has 0 radical (unpaired) electrons. The van der Waals surface area contributed by atoms with Crippen LogP contribution in [0.5, 0.6) is 0 Å².